The van der Waals surface area contributed by atoms with Crippen LogP contribution < -0.4 is 0 Å². The Hall–Kier alpha value is 0.140. The molecule has 0 aliphatic carbocycles. The lowest BCUT2D eigenvalue weighted by molar-refractivity contribution is 0.206. The van der Waals surface area contributed by atoms with Crippen LogP contribution in [0.2, 0.25) is 0 Å². The minimum atomic E-state index is -0.343. The van der Waals surface area contributed by atoms with Crippen molar-refractivity contribution in [2.75, 3.05) is 5.33 Å². The highest BCUT2D eigenvalue weighted by molar-refractivity contribution is 9.09. The third kappa shape index (κ3) is 1.81. The van der Waals surface area contributed by atoms with Crippen LogP contribution in [0.3, 0.4) is 0 Å². The summed E-state index contributed by atoms with van der Waals surface area (Å²) in [7, 11) is 0. The third-order valence-electron chi connectivity index (χ3n) is 1.28. The van der Waals surface area contributed by atoms with Gasteiger partial charge in [0.2, 0.25) is 0 Å². The van der Waals surface area contributed by atoms with Crippen LogP contribution in [0.1, 0.15) is 16.5 Å². The summed E-state index contributed by atoms with van der Waals surface area (Å²) in [6.45, 7) is 2.04. The van der Waals surface area contributed by atoms with Gasteiger partial charge in [-0.2, -0.15) is 0 Å². The molecule has 0 radical (unpaired) electrons. The van der Waals surface area contributed by atoms with Crippen molar-refractivity contribution in [3.63, 3.8) is 0 Å². The molecule has 0 aliphatic rings. The van der Waals surface area contributed by atoms with Gasteiger partial charge in [-0.3, -0.25) is 0 Å². The number of rotatable bonds is 2. The van der Waals surface area contributed by atoms with Gasteiger partial charge in [0.1, 0.15) is 0 Å². The number of aliphatic hydroxyl groups is 1. The molecule has 0 spiro atoms. The molecule has 0 aromatic carbocycles. The number of hydrogen-bond donors (Lipinski definition) is 1. The van der Waals surface area contributed by atoms with Crippen molar-refractivity contribution in [3.05, 3.63) is 21.9 Å². The van der Waals surface area contributed by atoms with Gasteiger partial charge in [0, 0.05) is 10.2 Å². The van der Waals surface area contributed by atoms with E-state index < -0.39 is 0 Å². The van der Waals surface area contributed by atoms with Gasteiger partial charge in [-0.1, -0.05) is 15.9 Å². The molecule has 0 fully saturated rings. The van der Waals surface area contributed by atoms with E-state index in [9.17, 15) is 5.11 Å². The summed E-state index contributed by atoms with van der Waals surface area (Å²) in [6, 6.07) is 2.01. The zero-order chi connectivity index (χ0) is 7.56. The molecule has 1 heterocycles. The molecular formula is C7H9BrOS. The Labute approximate surface area is 72.8 Å². The first-order valence-corrected chi connectivity index (χ1v) is 5.03. The molecular weight excluding hydrogens is 212 g/mol. The first-order chi connectivity index (χ1) is 4.74. The van der Waals surface area contributed by atoms with E-state index in [-0.39, 0.29) is 6.10 Å². The van der Waals surface area contributed by atoms with Crippen LogP contribution in [-0.4, -0.2) is 10.4 Å². The van der Waals surface area contributed by atoms with Crippen LogP contribution in [0.4, 0.5) is 0 Å². The summed E-state index contributed by atoms with van der Waals surface area (Å²) in [5, 5.41) is 11.9. The fraction of sp³-hybridized carbons (Fsp3) is 0.429. The second kappa shape index (κ2) is 3.51. The van der Waals surface area contributed by atoms with E-state index in [0.29, 0.717) is 5.33 Å². The first-order valence-electron chi connectivity index (χ1n) is 3.03. The van der Waals surface area contributed by atoms with E-state index in [4.69, 9.17) is 0 Å². The van der Waals surface area contributed by atoms with Crippen molar-refractivity contribution in [2.24, 2.45) is 0 Å². The van der Waals surface area contributed by atoms with E-state index >= 15 is 0 Å². The summed E-state index contributed by atoms with van der Waals surface area (Å²) >= 11 is 4.88. The maximum absolute atomic E-state index is 9.30. The fourth-order valence-electron chi connectivity index (χ4n) is 0.728. The predicted molar refractivity (Wildman–Crippen MR) is 47.8 cm³/mol. The minimum absolute atomic E-state index is 0.343. The molecule has 56 valence electrons. The fourth-order valence-corrected chi connectivity index (χ4v) is 1.85. The highest BCUT2D eigenvalue weighted by Gasteiger charge is 2.05. The highest BCUT2D eigenvalue weighted by atomic mass is 79.9. The van der Waals surface area contributed by atoms with Crippen LogP contribution in [-0.2, 0) is 0 Å². The Morgan fingerprint density at radius 3 is 2.90 bits per heavy atom. The molecule has 10 heavy (non-hydrogen) atoms. The standard InChI is InChI=1S/C7H9BrOS/c1-5-2-6(4-10-5)7(9)3-8/h2,4,7,9H,3H2,1H3/t7-/m0/s1. The monoisotopic (exact) mass is 220 g/mol. The molecule has 0 saturated carbocycles. The van der Waals surface area contributed by atoms with E-state index in [1.165, 1.54) is 4.88 Å². The topological polar surface area (TPSA) is 20.2 Å². The summed E-state index contributed by atoms with van der Waals surface area (Å²) in [5.41, 5.74) is 1.01. The van der Waals surface area contributed by atoms with Crippen molar-refractivity contribution < 1.29 is 5.11 Å². The zero-order valence-electron chi connectivity index (χ0n) is 5.67. The quantitative estimate of drug-likeness (QED) is 0.760. The van der Waals surface area contributed by atoms with E-state index in [1.54, 1.807) is 11.3 Å². The Morgan fingerprint density at radius 2 is 2.50 bits per heavy atom. The van der Waals surface area contributed by atoms with Gasteiger partial charge in [-0.25, -0.2) is 0 Å². The number of alkyl halides is 1. The number of halogens is 1. The van der Waals surface area contributed by atoms with Crippen LogP contribution in [0.25, 0.3) is 0 Å². The van der Waals surface area contributed by atoms with Crippen molar-refractivity contribution in [3.8, 4) is 0 Å². The Kier molecular flexibility index (Phi) is 2.89. The van der Waals surface area contributed by atoms with Gasteiger partial charge in [0.05, 0.1) is 6.10 Å². The van der Waals surface area contributed by atoms with Gasteiger partial charge in [-0.15, -0.1) is 11.3 Å². The van der Waals surface area contributed by atoms with Crippen molar-refractivity contribution >= 4 is 27.3 Å². The summed E-state index contributed by atoms with van der Waals surface area (Å²) in [4.78, 5) is 1.25. The molecule has 1 nitrogen and oxygen atoms in total. The summed E-state index contributed by atoms with van der Waals surface area (Å²) in [5.74, 6) is 0. The lowest BCUT2D eigenvalue weighted by atomic mass is 10.2. The van der Waals surface area contributed by atoms with Gasteiger partial charge >= 0.3 is 0 Å². The highest BCUT2D eigenvalue weighted by Crippen LogP contribution is 2.21. The molecule has 0 unspecified atom stereocenters. The normalized spacial score (nSPS) is 13.5. The summed E-state index contributed by atoms with van der Waals surface area (Å²) in [6.07, 6.45) is -0.343. The average Bonchev–Trinajstić information content (AvgIpc) is 2.34. The maximum atomic E-state index is 9.30. The third-order valence-corrected chi connectivity index (χ3v) is 2.77. The molecule has 0 amide bonds. The molecule has 0 saturated heterocycles. The first kappa shape index (κ1) is 8.24. The molecule has 1 N–H and O–H groups in total. The lowest BCUT2D eigenvalue weighted by Crippen LogP contribution is -1.94. The Morgan fingerprint density at radius 1 is 1.80 bits per heavy atom. The van der Waals surface area contributed by atoms with Gasteiger partial charge < -0.3 is 5.11 Å². The Balaban J connectivity index is 2.74. The average molecular weight is 221 g/mol. The van der Waals surface area contributed by atoms with Gasteiger partial charge in [0.15, 0.2) is 0 Å². The molecule has 1 atom stereocenters. The second-order valence-corrected chi connectivity index (χ2v) is 3.92. The number of hydrogen-bond acceptors (Lipinski definition) is 2. The Bertz CT molecular complexity index is 209. The molecule has 1 aromatic heterocycles. The number of aryl methyl sites for hydroxylation is 1. The van der Waals surface area contributed by atoms with Crippen molar-refractivity contribution in [2.45, 2.75) is 13.0 Å². The van der Waals surface area contributed by atoms with Crippen molar-refractivity contribution in [1.29, 1.82) is 0 Å². The maximum Gasteiger partial charge on any atom is 0.0894 e. The van der Waals surface area contributed by atoms with Gasteiger partial charge in [-0.05, 0) is 23.9 Å². The van der Waals surface area contributed by atoms with Crippen LogP contribution >= 0.6 is 27.3 Å². The van der Waals surface area contributed by atoms with Crippen molar-refractivity contribution in [1.82, 2.24) is 0 Å². The molecule has 0 bridgehead atoms. The predicted octanol–water partition coefficient (Wildman–Crippen LogP) is 2.48. The largest absolute Gasteiger partial charge is 0.388 e. The van der Waals surface area contributed by atoms with E-state index in [1.807, 2.05) is 18.4 Å². The smallest absolute Gasteiger partial charge is 0.0894 e. The molecule has 1 aromatic rings. The number of aliphatic hydroxyl groups excluding tert-OH is 1. The van der Waals surface area contributed by atoms with Crippen LogP contribution in [0, 0.1) is 6.92 Å². The molecule has 3 heteroatoms. The zero-order valence-corrected chi connectivity index (χ0v) is 8.08. The minimum Gasteiger partial charge on any atom is -0.388 e. The van der Waals surface area contributed by atoms with Crippen LogP contribution in [0.5, 0.6) is 0 Å². The number of thiophene rings is 1. The molecule has 1 rings (SSSR count). The van der Waals surface area contributed by atoms with Crippen LogP contribution in [0.15, 0.2) is 11.4 Å². The lowest BCUT2D eigenvalue weighted by Gasteiger charge is -2.01. The molecule has 0 aliphatic heterocycles. The second-order valence-electron chi connectivity index (χ2n) is 2.16. The SMILES string of the molecule is Cc1cc([C@@H](O)CBr)cs1. The van der Waals surface area contributed by atoms with Gasteiger partial charge in [0.25, 0.3) is 0 Å². The summed E-state index contributed by atoms with van der Waals surface area (Å²) < 4.78 is 0. The van der Waals surface area contributed by atoms with E-state index in [2.05, 4.69) is 15.9 Å². The van der Waals surface area contributed by atoms with E-state index in [0.717, 1.165) is 5.56 Å².